The summed E-state index contributed by atoms with van der Waals surface area (Å²) in [7, 11) is 0. The number of rotatable bonds is 0. The Balaban J connectivity index is 2.15. The zero-order valence-corrected chi connectivity index (χ0v) is 12.9. The van der Waals surface area contributed by atoms with Crippen LogP contribution in [0.1, 0.15) is 12.8 Å². The second-order valence-corrected chi connectivity index (χ2v) is 5.83. The summed E-state index contributed by atoms with van der Waals surface area (Å²) in [6.07, 6.45) is 10.5. The smallest absolute Gasteiger partial charge is 0.177 e. The van der Waals surface area contributed by atoms with Crippen LogP contribution in [0.15, 0.2) is 33.8 Å². The number of allylic oxidation sites excluding steroid dienone is 2. The first-order chi connectivity index (χ1) is 8.74. The van der Waals surface area contributed by atoms with Crippen molar-refractivity contribution >= 4 is 31.9 Å². The van der Waals surface area contributed by atoms with Gasteiger partial charge in [-0.3, -0.25) is 0 Å². The third-order valence-electron chi connectivity index (χ3n) is 2.93. The van der Waals surface area contributed by atoms with Crippen LogP contribution in [0.3, 0.4) is 0 Å². The highest BCUT2D eigenvalue weighted by Gasteiger charge is 2.16. The lowest BCUT2D eigenvalue weighted by molar-refractivity contribution is 0.667. The second-order valence-electron chi connectivity index (χ2n) is 4.21. The molecule has 0 saturated heterocycles. The molecule has 1 aliphatic rings. The van der Waals surface area contributed by atoms with Crippen molar-refractivity contribution in [3.8, 4) is 11.6 Å². The van der Waals surface area contributed by atoms with Crippen molar-refractivity contribution in [3.05, 3.63) is 33.8 Å². The van der Waals surface area contributed by atoms with Gasteiger partial charge in [-0.2, -0.15) is 0 Å². The number of aromatic nitrogens is 4. The SMILES string of the molecule is Brc1cn2c(n1)-c1nc(Br)cn1CC/C=C/CC2. The van der Waals surface area contributed by atoms with Crippen molar-refractivity contribution in [2.24, 2.45) is 0 Å². The summed E-state index contributed by atoms with van der Waals surface area (Å²) in [4.78, 5) is 9.06. The lowest BCUT2D eigenvalue weighted by atomic mass is 10.3. The Bertz CT molecular complexity index is 545. The van der Waals surface area contributed by atoms with Crippen molar-refractivity contribution < 1.29 is 0 Å². The minimum absolute atomic E-state index is 0.853. The molecule has 0 bridgehead atoms. The molecule has 0 aromatic carbocycles. The topological polar surface area (TPSA) is 35.6 Å². The van der Waals surface area contributed by atoms with Gasteiger partial charge in [0.1, 0.15) is 9.21 Å². The van der Waals surface area contributed by atoms with E-state index in [1.165, 1.54) is 0 Å². The maximum Gasteiger partial charge on any atom is 0.177 e. The minimum Gasteiger partial charge on any atom is -0.327 e. The van der Waals surface area contributed by atoms with Crippen molar-refractivity contribution in [2.75, 3.05) is 0 Å². The lowest BCUT2D eigenvalue weighted by Gasteiger charge is -2.10. The van der Waals surface area contributed by atoms with E-state index in [-0.39, 0.29) is 0 Å². The Morgan fingerprint density at radius 2 is 1.28 bits per heavy atom. The van der Waals surface area contributed by atoms with Crippen molar-refractivity contribution in [2.45, 2.75) is 25.9 Å². The standard InChI is InChI=1S/C12H12Br2N4/c13-9-7-17-5-3-1-2-4-6-18-8-10(14)16-12(18)11(17)15-9/h1-2,7-8H,3-6H2/b2-1+. The summed E-state index contributed by atoms with van der Waals surface area (Å²) in [6.45, 7) is 1.85. The Kier molecular flexibility index (Phi) is 3.39. The van der Waals surface area contributed by atoms with Gasteiger partial charge in [0.05, 0.1) is 0 Å². The number of imidazole rings is 2. The summed E-state index contributed by atoms with van der Waals surface area (Å²) in [6, 6.07) is 0. The van der Waals surface area contributed by atoms with E-state index in [9.17, 15) is 0 Å². The number of hydrogen-bond donors (Lipinski definition) is 0. The molecule has 94 valence electrons. The number of aryl methyl sites for hydroxylation is 2. The maximum absolute atomic E-state index is 4.53. The second kappa shape index (κ2) is 5.01. The van der Waals surface area contributed by atoms with Crippen LogP contribution in [0.5, 0.6) is 0 Å². The van der Waals surface area contributed by atoms with E-state index in [4.69, 9.17) is 0 Å². The molecule has 2 aromatic rings. The van der Waals surface area contributed by atoms with Crippen LogP contribution in [0.25, 0.3) is 11.6 Å². The van der Waals surface area contributed by atoms with E-state index in [0.29, 0.717) is 0 Å². The molecule has 0 atom stereocenters. The first-order valence-electron chi connectivity index (χ1n) is 5.85. The molecule has 0 unspecified atom stereocenters. The van der Waals surface area contributed by atoms with Crippen LogP contribution < -0.4 is 0 Å². The third-order valence-corrected chi connectivity index (χ3v) is 3.70. The predicted octanol–water partition coefficient (Wildman–Crippen LogP) is 3.62. The summed E-state index contributed by atoms with van der Waals surface area (Å²) >= 11 is 6.88. The normalized spacial score (nSPS) is 17.0. The van der Waals surface area contributed by atoms with Gasteiger partial charge in [0, 0.05) is 25.5 Å². The summed E-state index contributed by atoms with van der Waals surface area (Å²) in [5, 5.41) is 0. The Labute approximate surface area is 122 Å². The minimum atomic E-state index is 0.853. The van der Waals surface area contributed by atoms with Crippen molar-refractivity contribution in [3.63, 3.8) is 0 Å². The monoisotopic (exact) mass is 370 g/mol. The van der Waals surface area contributed by atoms with E-state index < -0.39 is 0 Å². The van der Waals surface area contributed by atoms with E-state index >= 15 is 0 Å². The Morgan fingerprint density at radius 3 is 1.72 bits per heavy atom. The largest absolute Gasteiger partial charge is 0.327 e. The molecule has 0 saturated carbocycles. The number of nitrogens with zero attached hydrogens (tertiary/aromatic N) is 4. The van der Waals surface area contributed by atoms with Gasteiger partial charge in [-0.25, -0.2) is 9.97 Å². The predicted molar refractivity (Wildman–Crippen MR) is 77.2 cm³/mol. The first kappa shape index (κ1) is 12.2. The van der Waals surface area contributed by atoms with Crippen LogP contribution in [0.2, 0.25) is 0 Å². The van der Waals surface area contributed by atoms with Gasteiger partial charge < -0.3 is 9.13 Å². The fraction of sp³-hybridized carbons (Fsp3) is 0.333. The number of fused-ring (bicyclic) bond motifs is 3. The number of halogens is 2. The van der Waals surface area contributed by atoms with E-state index in [2.05, 4.69) is 63.1 Å². The van der Waals surface area contributed by atoms with Crippen molar-refractivity contribution in [1.29, 1.82) is 0 Å². The van der Waals surface area contributed by atoms with Crippen LogP contribution in [0, 0.1) is 0 Å². The van der Waals surface area contributed by atoms with Gasteiger partial charge in [-0.05, 0) is 44.7 Å². The molecule has 3 heterocycles. The molecule has 6 heteroatoms. The van der Waals surface area contributed by atoms with Crippen LogP contribution in [0.4, 0.5) is 0 Å². The molecule has 0 fully saturated rings. The molecule has 3 rings (SSSR count). The maximum atomic E-state index is 4.53. The van der Waals surface area contributed by atoms with Crippen LogP contribution in [-0.2, 0) is 13.1 Å². The molecular weight excluding hydrogens is 360 g/mol. The molecule has 0 amide bonds. The Hall–Kier alpha value is -0.880. The molecular formula is C12H12Br2N4. The molecule has 18 heavy (non-hydrogen) atoms. The third kappa shape index (κ3) is 2.31. The molecule has 0 radical (unpaired) electrons. The molecule has 4 nitrogen and oxygen atoms in total. The van der Waals surface area contributed by atoms with Gasteiger partial charge in [0.15, 0.2) is 11.6 Å². The van der Waals surface area contributed by atoms with Gasteiger partial charge in [0.25, 0.3) is 0 Å². The van der Waals surface area contributed by atoms with E-state index in [1.54, 1.807) is 0 Å². The summed E-state index contributed by atoms with van der Waals surface area (Å²) < 4.78 is 5.99. The molecule has 0 spiro atoms. The number of hydrogen-bond acceptors (Lipinski definition) is 2. The molecule has 0 N–H and O–H groups in total. The highest BCUT2D eigenvalue weighted by molar-refractivity contribution is 9.10. The van der Waals surface area contributed by atoms with E-state index in [1.807, 2.05) is 12.4 Å². The molecule has 2 aromatic heterocycles. The fourth-order valence-electron chi connectivity index (χ4n) is 2.13. The summed E-state index contributed by atoms with van der Waals surface area (Å²) in [5.74, 6) is 1.84. The van der Waals surface area contributed by atoms with Crippen LogP contribution in [-0.4, -0.2) is 19.1 Å². The highest BCUT2D eigenvalue weighted by Crippen LogP contribution is 2.24. The average Bonchev–Trinajstić information content (AvgIpc) is 2.86. The average molecular weight is 372 g/mol. The van der Waals surface area contributed by atoms with Crippen molar-refractivity contribution in [1.82, 2.24) is 19.1 Å². The van der Waals surface area contributed by atoms with Crippen LogP contribution >= 0.6 is 31.9 Å². The van der Waals surface area contributed by atoms with Gasteiger partial charge >= 0.3 is 0 Å². The van der Waals surface area contributed by atoms with Gasteiger partial charge in [-0.1, -0.05) is 12.2 Å². The molecule has 0 aliphatic carbocycles. The Morgan fingerprint density at radius 1 is 0.833 bits per heavy atom. The highest BCUT2D eigenvalue weighted by atomic mass is 79.9. The fourth-order valence-corrected chi connectivity index (χ4v) is 2.96. The quantitative estimate of drug-likeness (QED) is 0.663. The van der Waals surface area contributed by atoms with Gasteiger partial charge in [0.2, 0.25) is 0 Å². The lowest BCUT2D eigenvalue weighted by Crippen LogP contribution is -2.06. The van der Waals surface area contributed by atoms with E-state index in [0.717, 1.165) is 46.8 Å². The zero-order chi connectivity index (χ0) is 12.5. The summed E-state index contributed by atoms with van der Waals surface area (Å²) in [5.41, 5.74) is 0. The van der Waals surface area contributed by atoms with Gasteiger partial charge in [-0.15, -0.1) is 0 Å². The molecule has 1 aliphatic heterocycles. The first-order valence-corrected chi connectivity index (χ1v) is 7.43. The zero-order valence-electron chi connectivity index (χ0n) is 9.68.